The van der Waals surface area contributed by atoms with Crippen molar-refractivity contribution in [3.8, 4) is 22.3 Å². The molecule has 1 heterocycles. The van der Waals surface area contributed by atoms with E-state index >= 15 is 0 Å². The van der Waals surface area contributed by atoms with E-state index in [1.807, 2.05) is 17.4 Å². The average molecular weight is 601 g/mol. The summed E-state index contributed by atoms with van der Waals surface area (Å²) in [4.78, 5) is 10.2. The molecule has 0 bridgehead atoms. The molecule has 0 atom stereocenters. The van der Waals surface area contributed by atoms with Crippen molar-refractivity contribution < 1.29 is 0 Å². The minimum absolute atomic E-state index is 0.637. The maximum Gasteiger partial charge on any atom is 0.155 e. The van der Waals surface area contributed by atoms with E-state index in [9.17, 15) is 0 Å². The summed E-state index contributed by atoms with van der Waals surface area (Å²) in [5, 5.41) is 2.55. The van der Waals surface area contributed by atoms with Gasteiger partial charge in [0.05, 0.1) is 6.54 Å². The van der Waals surface area contributed by atoms with Crippen LogP contribution in [-0.2, 0) is 0 Å². The van der Waals surface area contributed by atoms with Crippen LogP contribution in [-0.4, -0.2) is 18.1 Å². The minimum Gasteiger partial charge on any atom is -0.261 e. The standard InChI is InChI=1S/C42H36N2S/c1-28-13-10-11-18-35(28)38-25-33(22-21-29(38)2)34-23-24-40-39(26-34)37-20-12-19-36(41(37)45-40)30(3)44-42(32-16-8-5-9-17-32)43-27-31-14-6-4-7-15-31/h5-6,8-26H,4,7,27H2,1-3H3. The second kappa shape index (κ2) is 12.6. The zero-order valence-electron chi connectivity index (χ0n) is 26.0. The molecule has 0 aliphatic heterocycles. The summed E-state index contributed by atoms with van der Waals surface area (Å²) in [6, 6.07) is 39.3. The molecule has 1 aliphatic carbocycles. The molecule has 5 aromatic carbocycles. The fraction of sp³-hybridized carbons (Fsp3) is 0.143. The number of nitrogens with zero attached hydrogens (tertiary/aromatic N) is 2. The Hall–Kier alpha value is -4.86. The van der Waals surface area contributed by atoms with Crippen LogP contribution in [0, 0.1) is 13.8 Å². The van der Waals surface area contributed by atoms with Gasteiger partial charge in [-0.25, -0.2) is 4.99 Å². The number of amidine groups is 1. The number of benzene rings is 5. The Bertz CT molecular complexity index is 2160. The lowest BCUT2D eigenvalue weighted by atomic mass is 9.92. The van der Waals surface area contributed by atoms with E-state index in [0.29, 0.717) is 6.54 Å². The second-order valence-corrected chi connectivity index (χ2v) is 12.9. The van der Waals surface area contributed by atoms with Crippen molar-refractivity contribution in [1.82, 2.24) is 0 Å². The number of rotatable bonds is 6. The number of fused-ring (bicyclic) bond motifs is 3. The quantitative estimate of drug-likeness (QED) is 0.134. The van der Waals surface area contributed by atoms with Gasteiger partial charge in [-0.1, -0.05) is 109 Å². The van der Waals surface area contributed by atoms with Gasteiger partial charge in [0, 0.05) is 37.0 Å². The Morgan fingerprint density at radius 2 is 1.49 bits per heavy atom. The highest BCUT2D eigenvalue weighted by Gasteiger charge is 2.14. The van der Waals surface area contributed by atoms with E-state index in [4.69, 9.17) is 9.98 Å². The SMILES string of the molecule is CC(=NC(=NCC1=CCCC=C1)c1ccccc1)c1cccc2c1sc1ccc(-c3ccc(C)c(-c4ccccc4C)c3)cc12. The van der Waals surface area contributed by atoms with E-state index in [1.54, 1.807) is 0 Å². The third-order valence-electron chi connectivity index (χ3n) is 8.68. The first-order chi connectivity index (χ1) is 22.0. The van der Waals surface area contributed by atoms with E-state index < -0.39 is 0 Å². The first kappa shape index (κ1) is 28.9. The van der Waals surface area contributed by atoms with Gasteiger partial charge >= 0.3 is 0 Å². The number of aryl methyl sites for hydroxylation is 2. The first-order valence-corrected chi connectivity index (χ1v) is 16.5. The Kier molecular flexibility index (Phi) is 8.11. The molecule has 7 rings (SSSR count). The fourth-order valence-electron chi connectivity index (χ4n) is 6.18. The summed E-state index contributed by atoms with van der Waals surface area (Å²) in [5.74, 6) is 0.775. The van der Waals surface area contributed by atoms with Gasteiger partial charge in [0.25, 0.3) is 0 Å². The second-order valence-electron chi connectivity index (χ2n) is 11.8. The monoisotopic (exact) mass is 600 g/mol. The molecular formula is C42H36N2S. The lowest BCUT2D eigenvalue weighted by Gasteiger charge is -2.12. The van der Waals surface area contributed by atoms with Gasteiger partial charge in [0.15, 0.2) is 5.84 Å². The highest BCUT2D eigenvalue weighted by molar-refractivity contribution is 7.26. The minimum atomic E-state index is 0.637. The summed E-state index contributed by atoms with van der Waals surface area (Å²) < 4.78 is 2.55. The van der Waals surface area contributed by atoms with Gasteiger partial charge in [-0.05, 0) is 90.8 Å². The largest absolute Gasteiger partial charge is 0.261 e. The van der Waals surface area contributed by atoms with Gasteiger partial charge in [0.2, 0.25) is 0 Å². The summed E-state index contributed by atoms with van der Waals surface area (Å²) >= 11 is 1.84. The van der Waals surface area contributed by atoms with Crippen molar-refractivity contribution in [2.45, 2.75) is 33.6 Å². The molecule has 220 valence electrons. The summed E-state index contributed by atoms with van der Waals surface area (Å²) in [6.45, 7) is 7.14. The number of thiophene rings is 1. The molecule has 0 spiro atoms. The Balaban J connectivity index is 1.28. The molecule has 2 nitrogen and oxygen atoms in total. The van der Waals surface area contributed by atoms with Crippen LogP contribution in [0.2, 0.25) is 0 Å². The molecule has 0 saturated heterocycles. The normalized spacial score (nSPS) is 13.9. The Morgan fingerprint density at radius 1 is 0.711 bits per heavy atom. The van der Waals surface area contributed by atoms with Crippen LogP contribution in [0.3, 0.4) is 0 Å². The zero-order valence-corrected chi connectivity index (χ0v) is 26.9. The number of hydrogen-bond donors (Lipinski definition) is 0. The van der Waals surface area contributed by atoms with Crippen molar-refractivity contribution in [3.05, 3.63) is 155 Å². The first-order valence-electron chi connectivity index (χ1n) is 15.7. The smallest absolute Gasteiger partial charge is 0.155 e. The van der Waals surface area contributed by atoms with Crippen LogP contribution in [0.1, 0.15) is 42.0 Å². The van der Waals surface area contributed by atoms with Crippen molar-refractivity contribution in [2.75, 3.05) is 6.54 Å². The van der Waals surface area contributed by atoms with Gasteiger partial charge in [-0.3, -0.25) is 4.99 Å². The molecule has 6 aromatic rings. The van der Waals surface area contributed by atoms with E-state index in [1.165, 1.54) is 59.1 Å². The van der Waals surface area contributed by atoms with Crippen molar-refractivity contribution in [3.63, 3.8) is 0 Å². The lowest BCUT2D eigenvalue weighted by Crippen LogP contribution is -2.05. The van der Waals surface area contributed by atoms with Crippen molar-refractivity contribution in [2.24, 2.45) is 9.98 Å². The summed E-state index contributed by atoms with van der Waals surface area (Å²) in [6.07, 6.45) is 8.90. The predicted molar refractivity (Wildman–Crippen MR) is 196 cm³/mol. The predicted octanol–water partition coefficient (Wildman–Crippen LogP) is 11.5. The molecule has 0 saturated carbocycles. The topological polar surface area (TPSA) is 24.7 Å². The number of aliphatic imine (C=N–C) groups is 2. The molecule has 0 unspecified atom stereocenters. The lowest BCUT2D eigenvalue weighted by molar-refractivity contribution is 0.994. The molecule has 1 aromatic heterocycles. The molecule has 3 heteroatoms. The van der Waals surface area contributed by atoms with Crippen LogP contribution in [0.5, 0.6) is 0 Å². The molecule has 45 heavy (non-hydrogen) atoms. The Labute approximate surface area is 269 Å². The zero-order chi connectivity index (χ0) is 30.8. The van der Waals surface area contributed by atoms with Gasteiger partial charge in [-0.15, -0.1) is 11.3 Å². The molecule has 0 fully saturated rings. The van der Waals surface area contributed by atoms with Crippen LogP contribution in [0.15, 0.2) is 143 Å². The molecule has 0 N–H and O–H groups in total. The summed E-state index contributed by atoms with van der Waals surface area (Å²) in [7, 11) is 0. The van der Waals surface area contributed by atoms with Gasteiger partial charge < -0.3 is 0 Å². The van der Waals surface area contributed by atoms with E-state index in [-0.39, 0.29) is 0 Å². The maximum absolute atomic E-state index is 5.16. The number of allylic oxidation sites excluding steroid dienone is 2. The van der Waals surface area contributed by atoms with E-state index in [0.717, 1.165) is 35.5 Å². The van der Waals surface area contributed by atoms with Crippen LogP contribution < -0.4 is 0 Å². The molecular weight excluding hydrogens is 565 g/mol. The third-order valence-corrected chi connectivity index (χ3v) is 9.90. The van der Waals surface area contributed by atoms with Crippen LogP contribution in [0.4, 0.5) is 0 Å². The third kappa shape index (κ3) is 5.96. The average Bonchev–Trinajstić information content (AvgIpc) is 3.46. The summed E-state index contributed by atoms with van der Waals surface area (Å²) in [5.41, 5.74) is 12.1. The van der Waals surface area contributed by atoms with Crippen molar-refractivity contribution in [1.29, 1.82) is 0 Å². The maximum atomic E-state index is 5.16. The van der Waals surface area contributed by atoms with Gasteiger partial charge in [0.1, 0.15) is 0 Å². The molecule has 0 amide bonds. The number of hydrogen-bond acceptors (Lipinski definition) is 2. The van der Waals surface area contributed by atoms with Gasteiger partial charge in [-0.2, -0.15) is 0 Å². The highest BCUT2D eigenvalue weighted by Crippen LogP contribution is 2.39. The molecule has 0 radical (unpaired) electrons. The van der Waals surface area contributed by atoms with E-state index in [2.05, 4.69) is 142 Å². The molecule has 1 aliphatic rings. The Morgan fingerprint density at radius 3 is 2.31 bits per heavy atom. The van der Waals surface area contributed by atoms with Crippen molar-refractivity contribution >= 4 is 43.1 Å². The highest BCUT2D eigenvalue weighted by atomic mass is 32.1. The fourth-order valence-corrected chi connectivity index (χ4v) is 7.43. The van der Waals surface area contributed by atoms with Crippen LogP contribution in [0.25, 0.3) is 42.4 Å². The van der Waals surface area contributed by atoms with Crippen LogP contribution >= 0.6 is 11.3 Å².